The lowest BCUT2D eigenvalue weighted by atomic mass is 10.1. The van der Waals surface area contributed by atoms with Crippen molar-refractivity contribution >= 4 is 41.3 Å². The van der Waals surface area contributed by atoms with Crippen molar-refractivity contribution in [3.05, 3.63) is 95.5 Å². The highest BCUT2D eigenvalue weighted by Crippen LogP contribution is 2.29. The summed E-state index contributed by atoms with van der Waals surface area (Å²) in [6.07, 6.45) is -4.02. The van der Waals surface area contributed by atoms with Gasteiger partial charge < -0.3 is 15.2 Å². The lowest BCUT2D eigenvalue weighted by molar-refractivity contribution is 0.111. The summed E-state index contributed by atoms with van der Waals surface area (Å²) in [6, 6.07) is 23.9. The van der Waals surface area contributed by atoms with Gasteiger partial charge >= 0.3 is 18.3 Å². The number of carbonyl (C=O) groups excluding carboxylic acids is 3. The van der Waals surface area contributed by atoms with Gasteiger partial charge in [-0.15, -0.1) is 0 Å². The fourth-order valence-electron chi connectivity index (χ4n) is 2.93. The third-order valence-corrected chi connectivity index (χ3v) is 4.69. The molecule has 164 valence electrons. The molecule has 0 unspecified atom stereocenters. The van der Waals surface area contributed by atoms with E-state index in [-0.39, 0.29) is 6.54 Å². The second kappa shape index (κ2) is 10.8. The first-order valence-corrected chi connectivity index (χ1v) is 9.93. The first-order valence-electron chi connectivity index (χ1n) is 9.55. The molecule has 3 aromatic carbocycles. The van der Waals surface area contributed by atoms with Crippen LogP contribution in [0.4, 0.5) is 25.8 Å². The number of amides is 3. The Labute approximate surface area is 189 Å². The number of rotatable bonds is 6. The predicted octanol–water partition coefficient (Wildman–Crippen LogP) is 5.35. The normalized spacial score (nSPS) is 11.2. The number of nitrogens with two attached hydrogens (primary N) is 1. The Morgan fingerprint density at radius 1 is 0.906 bits per heavy atom. The number of hydrogen-bond acceptors (Lipinski definition) is 5. The summed E-state index contributed by atoms with van der Waals surface area (Å²) in [5.41, 5.74) is 6.42. The number of para-hydroxylation sites is 2. The molecule has 3 rings (SSSR count). The third kappa shape index (κ3) is 6.23. The molecule has 0 aromatic heterocycles. The quantitative estimate of drug-likeness (QED) is 0.488. The van der Waals surface area contributed by atoms with Gasteiger partial charge in [-0.2, -0.15) is 0 Å². The van der Waals surface area contributed by atoms with Gasteiger partial charge in [0.15, 0.2) is 0 Å². The van der Waals surface area contributed by atoms with Gasteiger partial charge in [-0.25, -0.2) is 14.4 Å². The van der Waals surface area contributed by atoms with Crippen LogP contribution in [0.5, 0.6) is 0 Å². The maximum atomic E-state index is 12.6. The number of carbonyl (C=O) groups is 3. The van der Waals surface area contributed by atoms with E-state index < -0.39 is 24.4 Å². The summed E-state index contributed by atoms with van der Waals surface area (Å²) in [5, 5.41) is 2.96. The maximum absolute atomic E-state index is 12.6. The largest absolute Gasteiger partial charge is 0.439 e. The van der Waals surface area contributed by atoms with Crippen molar-refractivity contribution < 1.29 is 23.9 Å². The van der Waals surface area contributed by atoms with E-state index in [2.05, 4.69) is 10.1 Å². The average molecular weight is 454 g/mol. The second-order valence-corrected chi connectivity index (χ2v) is 6.95. The highest BCUT2D eigenvalue weighted by Gasteiger charge is 2.28. The lowest BCUT2D eigenvalue weighted by Gasteiger charge is -2.27. The minimum absolute atomic E-state index is 0.192. The number of benzene rings is 3. The molecule has 0 aliphatic rings. The first kappa shape index (κ1) is 22.6. The van der Waals surface area contributed by atoms with Crippen LogP contribution >= 0.6 is 11.6 Å². The minimum atomic E-state index is -1.26. The molecule has 0 radical (unpaired) electrons. The van der Waals surface area contributed by atoms with Crippen LogP contribution in [0.2, 0.25) is 5.02 Å². The molecule has 3 amide bonds. The number of anilines is 2. The fraction of sp³-hybridized carbons (Fsp3) is 0.0870. The molecule has 0 saturated carbocycles. The molecule has 3 aromatic rings. The van der Waals surface area contributed by atoms with Gasteiger partial charge in [-0.3, -0.25) is 10.2 Å². The van der Waals surface area contributed by atoms with Crippen molar-refractivity contribution in [1.29, 1.82) is 0 Å². The van der Waals surface area contributed by atoms with Crippen LogP contribution in [-0.2, 0) is 9.47 Å². The molecule has 9 heteroatoms. The number of nitrogens with zero attached hydrogens (tertiary/aromatic N) is 1. The zero-order valence-electron chi connectivity index (χ0n) is 16.8. The summed E-state index contributed by atoms with van der Waals surface area (Å²) < 4.78 is 10.2. The number of hydrogen-bond donors (Lipinski definition) is 2. The molecule has 0 saturated heterocycles. The zero-order valence-corrected chi connectivity index (χ0v) is 17.6. The molecule has 3 N–H and O–H groups in total. The summed E-state index contributed by atoms with van der Waals surface area (Å²) in [4.78, 5) is 37.5. The molecule has 8 nitrogen and oxygen atoms in total. The number of halogens is 1. The fourth-order valence-corrected chi connectivity index (χ4v) is 3.19. The van der Waals surface area contributed by atoms with E-state index in [1.54, 1.807) is 78.9 Å². The SMILES string of the molecule is NC(=O)OC(=O)N(C[C@H](OC(=O)Nc1ccccc1)c1ccccc1Cl)c1ccccc1. The first-order chi connectivity index (χ1) is 15.4. The van der Waals surface area contributed by atoms with E-state index in [1.807, 2.05) is 6.07 Å². The van der Waals surface area contributed by atoms with Crippen LogP contribution in [0, 0.1) is 0 Å². The van der Waals surface area contributed by atoms with Gasteiger partial charge in [0.25, 0.3) is 0 Å². The van der Waals surface area contributed by atoms with Gasteiger partial charge in [0.1, 0.15) is 6.10 Å². The Morgan fingerprint density at radius 2 is 1.50 bits per heavy atom. The molecule has 0 fully saturated rings. The van der Waals surface area contributed by atoms with E-state index in [4.69, 9.17) is 22.1 Å². The standard InChI is InChI=1S/C23H20ClN3O5/c24-19-14-8-7-13-18(19)20(31-22(29)26-16-9-3-1-4-10-16)15-27(23(30)32-21(25)28)17-11-5-2-6-12-17/h1-14,20H,15H2,(H2,25,28)(H,26,29)/t20-/m0/s1. The molecule has 0 heterocycles. The average Bonchev–Trinajstić information content (AvgIpc) is 2.77. The summed E-state index contributed by atoms with van der Waals surface area (Å²) in [5.74, 6) is 0. The Kier molecular flexibility index (Phi) is 7.66. The van der Waals surface area contributed by atoms with Crippen molar-refractivity contribution in [3.63, 3.8) is 0 Å². The van der Waals surface area contributed by atoms with Crippen molar-refractivity contribution in [2.24, 2.45) is 5.73 Å². The van der Waals surface area contributed by atoms with Crippen LogP contribution in [0.3, 0.4) is 0 Å². The van der Waals surface area contributed by atoms with Crippen LogP contribution in [-0.4, -0.2) is 24.8 Å². The predicted molar refractivity (Wildman–Crippen MR) is 121 cm³/mol. The van der Waals surface area contributed by atoms with Crippen molar-refractivity contribution in [2.45, 2.75) is 6.10 Å². The Hall–Kier alpha value is -4.04. The van der Waals surface area contributed by atoms with Crippen LogP contribution in [0.25, 0.3) is 0 Å². The summed E-state index contributed by atoms with van der Waals surface area (Å²) >= 11 is 6.34. The van der Waals surface area contributed by atoms with E-state index in [9.17, 15) is 14.4 Å². The molecule has 0 spiro atoms. The molecular formula is C23H20ClN3O5. The molecule has 0 aliphatic heterocycles. The Bertz CT molecular complexity index is 1080. The van der Waals surface area contributed by atoms with Gasteiger partial charge in [-0.1, -0.05) is 66.2 Å². The molecule has 0 aliphatic carbocycles. The van der Waals surface area contributed by atoms with Gasteiger partial charge in [0.05, 0.1) is 6.54 Å². The van der Waals surface area contributed by atoms with E-state index in [0.717, 1.165) is 4.90 Å². The minimum Gasteiger partial charge on any atom is -0.439 e. The highest BCUT2D eigenvalue weighted by molar-refractivity contribution is 6.31. The van der Waals surface area contributed by atoms with Gasteiger partial charge in [-0.05, 0) is 30.3 Å². The Balaban J connectivity index is 1.90. The summed E-state index contributed by atoms with van der Waals surface area (Å²) in [7, 11) is 0. The van der Waals surface area contributed by atoms with Crippen LogP contribution < -0.4 is 16.0 Å². The smallest absolute Gasteiger partial charge is 0.423 e. The molecule has 1 atom stereocenters. The molecule has 32 heavy (non-hydrogen) atoms. The van der Waals surface area contributed by atoms with Crippen molar-refractivity contribution in [2.75, 3.05) is 16.8 Å². The third-order valence-electron chi connectivity index (χ3n) is 4.35. The van der Waals surface area contributed by atoms with Gasteiger partial charge in [0, 0.05) is 22.0 Å². The number of ether oxygens (including phenoxy) is 2. The van der Waals surface area contributed by atoms with E-state index in [1.165, 1.54) is 0 Å². The zero-order chi connectivity index (χ0) is 22.9. The van der Waals surface area contributed by atoms with E-state index >= 15 is 0 Å². The maximum Gasteiger partial charge on any atom is 0.423 e. The topological polar surface area (TPSA) is 111 Å². The van der Waals surface area contributed by atoms with E-state index in [0.29, 0.717) is 22.0 Å². The monoisotopic (exact) mass is 453 g/mol. The lowest BCUT2D eigenvalue weighted by Crippen LogP contribution is -2.39. The van der Waals surface area contributed by atoms with Crippen LogP contribution in [0.1, 0.15) is 11.7 Å². The van der Waals surface area contributed by atoms with Crippen LogP contribution in [0.15, 0.2) is 84.9 Å². The molecular weight excluding hydrogens is 434 g/mol. The highest BCUT2D eigenvalue weighted by atomic mass is 35.5. The van der Waals surface area contributed by atoms with Crippen molar-refractivity contribution in [3.8, 4) is 0 Å². The molecule has 0 bridgehead atoms. The number of nitrogens with one attached hydrogen (secondary N) is 1. The second-order valence-electron chi connectivity index (χ2n) is 6.54. The van der Waals surface area contributed by atoms with Crippen molar-refractivity contribution in [1.82, 2.24) is 0 Å². The number of primary amides is 1. The van der Waals surface area contributed by atoms with Gasteiger partial charge in [0.2, 0.25) is 0 Å². The summed E-state index contributed by atoms with van der Waals surface area (Å²) in [6.45, 7) is -0.192. The Morgan fingerprint density at radius 3 is 2.12 bits per heavy atom.